The minimum atomic E-state index is -1.09. The fourth-order valence-electron chi connectivity index (χ4n) is 2.05. The molecule has 0 aliphatic heterocycles. The molecule has 8 heteroatoms. The molecule has 0 bridgehead atoms. The van der Waals surface area contributed by atoms with E-state index in [4.69, 9.17) is 15.3 Å². The monoisotopic (exact) mass is 348 g/mol. The zero-order valence-corrected chi connectivity index (χ0v) is 14.2. The van der Waals surface area contributed by atoms with Crippen molar-refractivity contribution in [3.8, 4) is 0 Å². The molecule has 8 nitrogen and oxygen atoms in total. The summed E-state index contributed by atoms with van der Waals surface area (Å²) in [6.07, 6.45) is 1.45. The largest absolute Gasteiger partial charge is 0.481 e. The second kappa shape index (κ2) is 14.8. The number of carboxylic acids is 2. The van der Waals surface area contributed by atoms with E-state index >= 15 is 0 Å². The van der Waals surface area contributed by atoms with Crippen LogP contribution in [0.1, 0.15) is 52.4 Å². The summed E-state index contributed by atoms with van der Waals surface area (Å²) in [5.41, 5.74) is 0. The van der Waals surface area contributed by atoms with Gasteiger partial charge in [0.1, 0.15) is 18.0 Å². The standard InChI is InChI=1S/2C8H14O4/c2*1-2-3-6(8(11)12)7(10)4-5-9/h6,9H,2-5H2,1H3,(H,11,12);5-7,10H,2-4H2,1H3,(H,11,12). The van der Waals surface area contributed by atoms with Crippen LogP contribution in [-0.2, 0) is 19.2 Å². The van der Waals surface area contributed by atoms with Crippen molar-refractivity contribution in [2.75, 3.05) is 6.61 Å². The van der Waals surface area contributed by atoms with Crippen LogP contribution in [0.2, 0.25) is 0 Å². The molecule has 24 heavy (non-hydrogen) atoms. The first-order valence-corrected chi connectivity index (χ1v) is 7.97. The molecule has 0 spiro atoms. The molecule has 0 fully saturated rings. The van der Waals surface area contributed by atoms with E-state index in [0.717, 1.165) is 0 Å². The molecule has 0 rings (SSSR count). The molecule has 0 aliphatic carbocycles. The Labute approximate surface area is 141 Å². The van der Waals surface area contributed by atoms with Crippen LogP contribution >= 0.6 is 0 Å². The molecule has 3 unspecified atom stereocenters. The van der Waals surface area contributed by atoms with Crippen molar-refractivity contribution in [3.63, 3.8) is 0 Å². The molecule has 0 radical (unpaired) electrons. The third kappa shape index (κ3) is 10.8. The zero-order chi connectivity index (χ0) is 19.1. The fourth-order valence-corrected chi connectivity index (χ4v) is 2.05. The molecule has 0 saturated carbocycles. The highest BCUT2D eigenvalue weighted by molar-refractivity contribution is 5.98. The van der Waals surface area contributed by atoms with E-state index in [1.807, 2.05) is 13.8 Å². The van der Waals surface area contributed by atoms with Crippen LogP contribution in [0.15, 0.2) is 0 Å². The number of Topliss-reactive ketones (excluding diaryl/α,β-unsaturated/α-hetero) is 1. The molecule has 4 N–H and O–H groups in total. The summed E-state index contributed by atoms with van der Waals surface area (Å²) in [7, 11) is 0. The lowest BCUT2D eigenvalue weighted by Crippen LogP contribution is -2.28. The van der Waals surface area contributed by atoms with Crippen LogP contribution in [-0.4, -0.2) is 57.1 Å². The van der Waals surface area contributed by atoms with Crippen molar-refractivity contribution in [1.82, 2.24) is 0 Å². The number of hydrogen-bond donors (Lipinski definition) is 4. The zero-order valence-electron chi connectivity index (χ0n) is 14.2. The lowest BCUT2D eigenvalue weighted by Gasteiger charge is -2.15. The van der Waals surface area contributed by atoms with Gasteiger partial charge in [-0.25, -0.2) is 0 Å². The number of aliphatic hydroxyl groups is 2. The van der Waals surface area contributed by atoms with Crippen LogP contribution in [0.3, 0.4) is 0 Å². The molecule has 0 amide bonds. The van der Waals surface area contributed by atoms with Crippen molar-refractivity contribution in [2.45, 2.75) is 58.5 Å². The van der Waals surface area contributed by atoms with Crippen molar-refractivity contribution in [1.29, 1.82) is 0 Å². The van der Waals surface area contributed by atoms with Gasteiger partial charge < -0.3 is 25.2 Å². The van der Waals surface area contributed by atoms with Crippen molar-refractivity contribution >= 4 is 24.0 Å². The highest BCUT2D eigenvalue weighted by atomic mass is 16.4. The molecule has 0 aromatic rings. The van der Waals surface area contributed by atoms with Crippen molar-refractivity contribution in [3.05, 3.63) is 0 Å². The minimum absolute atomic E-state index is 0.0586. The summed E-state index contributed by atoms with van der Waals surface area (Å²) < 4.78 is 0. The van der Waals surface area contributed by atoms with E-state index < -0.39 is 29.9 Å². The maximum absolute atomic E-state index is 11.0. The van der Waals surface area contributed by atoms with E-state index in [0.29, 0.717) is 32.0 Å². The van der Waals surface area contributed by atoms with Gasteiger partial charge in [-0.2, -0.15) is 0 Å². The Morgan fingerprint density at radius 3 is 1.88 bits per heavy atom. The van der Waals surface area contributed by atoms with Gasteiger partial charge in [-0.05, 0) is 12.8 Å². The summed E-state index contributed by atoms with van der Waals surface area (Å²) in [4.78, 5) is 42.1. The summed E-state index contributed by atoms with van der Waals surface area (Å²) in [5.74, 6) is -4.24. The van der Waals surface area contributed by atoms with Gasteiger partial charge >= 0.3 is 11.9 Å². The predicted molar refractivity (Wildman–Crippen MR) is 85.5 cm³/mol. The fraction of sp³-hybridized carbons (Fsp3) is 0.750. The Morgan fingerprint density at radius 1 is 1.00 bits per heavy atom. The number of carboxylic acid groups (broad SMARTS) is 2. The van der Waals surface area contributed by atoms with Crippen molar-refractivity contribution < 1.29 is 39.6 Å². The van der Waals surface area contributed by atoms with Crippen LogP contribution < -0.4 is 0 Å². The van der Waals surface area contributed by atoms with E-state index in [-0.39, 0.29) is 25.2 Å². The van der Waals surface area contributed by atoms with E-state index in [1.165, 1.54) is 0 Å². The second-order valence-electron chi connectivity index (χ2n) is 5.32. The molecule has 0 saturated heterocycles. The third-order valence-electron chi connectivity index (χ3n) is 3.34. The Kier molecular flexibility index (Phi) is 15.0. The van der Waals surface area contributed by atoms with Crippen molar-refractivity contribution in [2.24, 2.45) is 11.8 Å². The molecular formula is C16H28O8. The van der Waals surface area contributed by atoms with Gasteiger partial charge in [0, 0.05) is 19.4 Å². The molecule has 0 aromatic heterocycles. The highest BCUT2D eigenvalue weighted by Crippen LogP contribution is 2.13. The molecule has 0 aliphatic rings. The number of aliphatic carboxylic acids is 2. The Morgan fingerprint density at radius 2 is 1.54 bits per heavy atom. The van der Waals surface area contributed by atoms with E-state index in [2.05, 4.69) is 0 Å². The lowest BCUT2D eigenvalue weighted by atomic mass is 9.95. The second-order valence-corrected chi connectivity index (χ2v) is 5.32. The first kappa shape index (κ1) is 24.5. The maximum atomic E-state index is 11.0. The Hall–Kier alpha value is -1.80. The van der Waals surface area contributed by atoms with Gasteiger partial charge in [-0.15, -0.1) is 0 Å². The highest BCUT2D eigenvalue weighted by Gasteiger charge is 2.25. The summed E-state index contributed by atoms with van der Waals surface area (Å²) >= 11 is 0. The average Bonchev–Trinajstić information content (AvgIpc) is 2.50. The van der Waals surface area contributed by atoms with Gasteiger partial charge in [0.25, 0.3) is 0 Å². The molecular weight excluding hydrogens is 320 g/mol. The van der Waals surface area contributed by atoms with Crippen LogP contribution in [0.25, 0.3) is 0 Å². The number of carbonyl (C=O) groups is 4. The Balaban J connectivity index is 0. The predicted octanol–water partition coefficient (Wildman–Crippen LogP) is 0.876. The summed E-state index contributed by atoms with van der Waals surface area (Å²) in [5, 5.41) is 34.8. The minimum Gasteiger partial charge on any atom is -0.481 e. The first-order chi connectivity index (χ1) is 11.3. The van der Waals surface area contributed by atoms with E-state index in [9.17, 15) is 24.3 Å². The van der Waals surface area contributed by atoms with Crippen LogP contribution in [0, 0.1) is 11.8 Å². The molecule has 3 atom stereocenters. The van der Waals surface area contributed by atoms with Gasteiger partial charge in [-0.3, -0.25) is 14.4 Å². The summed E-state index contributed by atoms with van der Waals surface area (Å²) in [6.45, 7) is 3.39. The topological polar surface area (TPSA) is 149 Å². The number of aliphatic hydroxyl groups excluding tert-OH is 2. The lowest BCUT2D eigenvalue weighted by molar-refractivity contribution is -0.148. The molecule has 140 valence electrons. The Bertz CT molecular complexity index is 394. The van der Waals surface area contributed by atoms with E-state index in [1.54, 1.807) is 0 Å². The first-order valence-electron chi connectivity index (χ1n) is 7.97. The number of ketones is 1. The molecule has 0 aromatic carbocycles. The third-order valence-corrected chi connectivity index (χ3v) is 3.34. The number of aldehydes is 1. The van der Waals surface area contributed by atoms with Gasteiger partial charge in [0.2, 0.25) is 0 Å². The number of hydrogen-bond acceptors (Lipinski definition) is 6. The number of carbonyl (C=O) groups excluding carboxylic acids is 2. The maximum Gasteiger partial charge on any atom is 0.314 e. The van der Waals surface area contributed by atoms with Gasteiger partial charge in [-0.1, -0.05) is 26.7 Å². The smallest absolute Gasteiger partial charge is 0.314 e. The van der Waals surface area contributed by atoms with Gasteiger partial charge in [0.15, 0.2) is 0 Å². The number of rotatable bonds is 12. The average molecular weight is 348 g/mol. The SMILES string of the molecule is CCCC(C(=O)O)C(=O)CCO.CCCC(C(=O)O)C(O)CC=O. The van der Waals surface area contributed by atoms with Crippen LogP contribution in [0.4, 0.5) is 0 Å². The van der Waals surface area contributed by atoms with Crippen LogP contribution in [0.5, 0.6) is 0 Å². The normalized spacial score (nSPS) is 13.8. The quantitative estimate of drug-likeness (QED) is 0.300. The van der Waals surface area contributed by atoms with Gasteiger partial charge in [0.05, 0.1) is 12.0 Å². The summed E-state index contributed by atoms with van der Waals surface area (Å²) in [6, 6.07) is 0. The molecule has 0 heterocycles.